The molecule has 0 amide bonds. The molecule has 0 aliphatic heterocycles. The van der Waals surface area contributed by atoms with E-state index >= 15 is 0 Å². The van der Waals surface area contributed by atoms with Crippen molar-refractivity contribution in [3.8, 4) is 5.75 Å². The van der Waals surface area contributed by atoms with Gasteiger partial charge in [0.05, 0.1) is 5.92 Å². The van der Waals surface area contributed by atoms with Gasteiger partial charge in [-0.1, -0.05) is 35.9 Å². The largest absolute Gasteiger partial charge is 0.489 e. The quantitative estimate of drug-likeness (QED) is 0.889. The van der Waals surface area contributed by atoms with E-state index in [1.54, 1.807) is 13.0 Å². The van der Waals surface area contributed by atoms with Crippen LogP contribution in [0.15, 0.2) is 42.5 Å². The molecule has 0 aliphatic rings. The van der Waals surface area contributed by atoms with Gasteiger partial charge in [0.1, 0.15) is 12.4 Å². The second kappa shape index (κ2) is 6.64. The number of halogens is 1. The maximum absolute atomic E-state index is 10.9. The van der Waals surface area contributed by atoms with E-state index < -0.39 is 11.9 Å². The first kappa shape index (κ1) is 15.4. The van der Waals surface area contributed by atoms with Gasteiger partial charge in [-0.15, -0.1) is 0 Å². The molecule has 0 bridgehead atoms. The van der Waals surface area contributed by atoms with Crippen LogP contribution in [-0.4, -0.2) is 11.1 Å². The molecule has 2 rings (SSSR count). The summed E-state index contributed by atoms with van der Waals surface area (Å²) in [6.45, 7) is 4.05. The number of hydrogen-bond acceptors (Lipinski definition) is 2. The summed E-state index contributed by atoms with van der Waals surface area (Å²) in [7, 11) is 0. The summed E-state index contributed by atoms with van der Waals surface area (Å²) in [6, 6.07) is 12.9. The zero-order valence-electron chi connectivity index (χ0n) is 12.0. The van der Waals surface area contributed by atoms with E-state index in [4.69, 9.17) is 21.4 Å². The van der Waals surface area contributed by atoms with Gasteiger partial charge in [-0.05, 0) is 48.7 Å². The summed E-state index contributed by atoms with van der Waals surface area (Å²) < 4.78 is 5.75. The predicted octanol–water partition coefficient (Wildman–Crippen LogP) is 4.42. The third-order valence-electron chi connectivity index (χ3n) is 3.38. The van der Waals surface area contributed by atoms with E-state index in [2.05, 4.69) is 0 Å². The Kier molecular flexibility index (Phi) is 4.86. The fourth-order valence-corrected chi connectivity index (χ4v) is 2.21. The van der Waals surface area contributed by atoms with Crippen LogP contribution in [0.1, 0.15) is 29.5 Å². The van der Waals surface area contributed by atoms with Gasteiger partial charge in [-0.3, -0.25) is 4.79 Å². The van der Waals surface area contributed by atoms with Crippen LogP contribution in [0.5, 0.6) is 5.75 Å². The first-order valence-electron chi connectivity index (χ1n) is 6.68. The van der Waals surface area contributed by atoms with E-state index in [1.807, 2.05) is 43.3 Å². The van der Waals surface area contributed by atoms with E-state index in [9.17, 15) is 4.79 Å². The van der Waals surface area contributed by atoms with Gasteiger partial charge in [0.25, 0.3) is 0 Å². The Hall–Kier alpha value is -2.00. The van der Waals surface area contributed by atoms with Crippen molar-refractivity contribution in [1.82, 2.24) is 0 Å². The molecular formula is C17H17ClO3. The molecule has 3 nitrogen and oxygen atoms in total. The third-order valence-corrected chi connectivity index (χ3v) is 3.62. The molecule has 1 unspecified atom stereocenters. The molecule has 2 aromatic rings. The van der Waals surface area contributed by atoms with Crippen LogP contribution in [0.3, 0.4) is 0 Å². The summed E-state index contributed by atoms with van der Waals surface area (Å²) in [4.78, 5) is 10.9. The molecule has 1 N–H and O–H groups in total. The minimum absolute atomic E-state index is 0.435. The Bertz CT molecular complexity index is 635. The normalized spacial score (nSPS) is 12.0. The first-order chi connectivity index (χ1) is 9.97. The smallest absolute Gasteiger partial charge is 0.310 e. The van der Waals surface area contributed by atoms with Crippen molar-refractivity contribution >= 4 is 17.6 Å². The molecule has 1 atom stereocenters. The highest BCUT2D eigenvalue weighted by Crippen LogP contribution is 2.23. The zero-order chi connectivity index (χ0) is 15.4. The maximum atomic E-state index is 10.9. The number of aryl methyl sites for hydroxylation is 1. The molecule has 0 radical (unpaired) electrons. The number of carboxylic acid groups (broad SMARTS) is 1. The van der Waals surface area contributed by atoms with E-state index in [0.29, 0.717) is 11.6 Å². The number of carboxylic acids is 1. The van der Waals surface area contributed by atoms with Crippen molar-refractivity contribution in [1.29, 1.82) is 0 Å². The SMILES string of the molecule is Cc1cc(Cl)ccc1OCc1ccc(C(C)C(=O)O)cc1. The molecule has 21 heavy (non-hydrogen) atoms. The van der Waals surface area contributed by atoms with Gasteiger partial charge in [0, 0.05) is 5.02 Å². The zero-order valence-corrected chi connectivity index (χ0v) is 12.7. The molecule has 2 aromatic carbocycles. The number of aliphatic carboxylic acids is 1. The van der Waals surface area contributed by atoms with E-state index in [1.165, 1.54) is 0 Å². The van der Waals surface area contributed by atoms with Gasteiger partial charge in [0.2, 0.25) is 0 Å². The molecule has 4 heteroatoms. The lowest BCUT2D eigenvalue weighted by Gasteiger charge is -2.11. The summed E-state index contributed by atoms with van der Waals surface area (Å²) in [5.41, 5.74) is 2.76. The van der Waals surface area contributed by atoms with E-state index in [0.717, 1.165) is 22.4 Å². The van der Waals surface area contributed by atoms with Crippen LogP contribution in [0.4, 0.5) is 0 Å². The van der Waals surface area contributed by atoms with Crippen molar-refractivity contribution in [2.75, 3.05) is 0 Å². The number of benzene rings is 2. The van der Waals surface area contributed by atoms with Gasteiger partial charge < -0.3 is 9.84 Å². The topological polar surface area (TPSA) is 46.5 Å². The summed E-state index contributed by atoms with van der Waals surface area (Å²) in [5, 5.41) is 9.66. The van der Waals surface area contributed by atoms with Crippen molar-refractivity contribution < 1.29 is 14.6 Å². The lowest BCUT2D eigenvalue weighted by molar-refractivity contribution is -0.138. The number of ether oxygens (including phenoxy) is 1. The van der Waals surface area contributed by atoms with Crippen LogP contribution in [0.25, 0.3) is 0 Å². The van der Waals surface area contributed by atoms with Crippen LogP contribution in [-0.2, 0) is 11.4 Å². The van der Waals surface area contributed by atoms with Gasteiger partial charge >= 0.3 is 5.97 Å². The fraction of sp³-hybridized carbons (Fsp3) is 0.235. The highest BCUT2D eigenvalue weighted by Gasteiger charge is 2.13. The molecule has 0 saturated carbocycles. The summed E-state index contributed by atoms with van der Waals surface area (Å²) in [5.74, 6) is -0.531. The van der Waals surface area contributed by atoms with Gasteiger partial charge in [-0.25, -0.2) is 0 Å². The minimum Gasteiger partial charge on any atom is -0.489 e. The number of hydrogen-bond donors (Lipinski definition) is 1. The highest BCUT2D eigenvalue weighted by molar-refractivity contribution is 6.30. The van der Waals surface area contributed by atoms with Crippen LogP contribution >= 0.6 is 11.6 Å². The minimum atomic E-state index is -0.823. The summed E-state index contributed by atoms with van der Waals surface area (Å²) >= 11 is 5.90. The van der Waals surface area contributed by atoms with Gasteiger partial charge in [-0.2, -0.15) is 0 Å². The Labute approximate surface area is 129 Å². The van der Waals surface area contributed by atoms with E-state index in [-0.39, 0.29) is 0 Å². The Morgan fingerprint density at radius 2 is 1.90 bits per heavy atom. The lowest BCUT2D eigenvalue weighted by atomic mass is 10.0. The molecule has 0 heterocycles. The standard InChI is InChI=1S/C17H17ClO3/c1-11-9-15(18)7-8-16(11)21-10-13-3-5-14(6-4-13)12(2)17(19)20/h3-9,12H,10H2,1-2H3,(H,19,20). The average molecular weight is 305 g/mol. The van der Waals surface area contributed by atoms with Gasteiger partial charge in [0.15, 0.2) is 0 Å². The Balaban J connectivity index is 2.02. The molecule has 0 aliphatic carbocycles. The fourth-order valence-electron chi connectivity index (χ4n) is 1.98. The first-order valence-corrected chi connectivity index (χ1v) is 7.06. The second-order valence-electron chi connectivity index (χ2n) is 5.00. The highest BCUT2D eigenvalue weighted by atomic mass is 35.5. The van der Waals surface area contributed by atoms with Crippen molar-refractivity contribution in [3.05, 3.63) is 64.2 Å². The number of rotatable bonds is 5. The van der Waals surface area contributed by atoms with Crippen molar-refractivity contribution in [2.45, 2.75) is 26.4 Å². The molecule has 0 aromatic heterocycles. The maximum Gasteiger partial charge on any atom is 0.310 e. The van der Waals surface area contributed by atoms with Crippen LogP contribution < -0.4 is 4.74 Å². The second-order valence-corrected chi connectivity index (χ2v) is 5.44. The lowest BCUT2D eigenvalue weighted by Crippen LogP contribution is -2.07. The molecular weight excluding hydrogens is 288 g/mol. The summed E-state index contributed by atoms with van der Waals surface area (Å²) in [6.07, 6.45) is 0. The monoisotopic (exact) mass is 304 g/mol. The Morgan fingerprint density at radius 1 is 1.24 bits per heavy atom. The molecule has 0 saturated heterocycles. The predicted molar refractivity (Wildman–Crippen MR) is 83.0 cm³/mol. The average Bonchev–Trinajstić information content (AvgIpc) is 2.46. The molecule has 0 fully saturated rings. The van der Waals surface area contributed by atoms with Crippen molar-refractivity contribution in [2.24, 2.45) is 0 Å². The third kappa shape index (κ3) is 3.99. The number of carbonyl (C=O) groups is 1. The Morgan fingerprint density at radius 3 is 2.48 bits per heavy atom. The molecule has 0 spiro atoms. The van der Waals surface area contributed by atoms with Crippen molar-refractivity contribution in [3.63, 3.8) is 0 Å². The van der Waals surface area contributed by atoms with Crippen LogP contribution in [0, 0.1) is 6.92 Å². The van der Waals surface area contributed by atoms with Crippen LogP contribution in [0.2, 0.25) is 5.02 Å². The molecule has 110 valence electrons.